The molecule has 2 aromatic rings. The summed E-state index contributed by atoms with van der Waals surface area (Å²) >= 11 is 0. The summed E-state index contributed by atoms with van der Waals surface area (Å²) in [6, 6.07) is 8.19. The molecule has 0 spiro atoms. The summed E-state index contributed by atoms with van der Waals surface area (Å²) < 4.78 is 23.5. The summed E-state index contributed by atoms with van der Waals surface area (Å²) in [4.78, 5) is 22.2. The van der Waals surface area contributed by atoms with Gasteiger partial charge in [0.15, 0.2) is 23.0 Å². The van der Waals surface area contributed by atoms with Crippen molar-refractivity contribution in [2.75, 3.05) is 39.3 Å². The van der Waals surface area contributed by atoms with Gasteiger partial charge in [0.05, 0.1) is 56.5 Å². The lowest BCUT2D eigenvalue weighted by molar-refractivity contribution is 0.0796. The lowest BCUT2D eigenvalue weighted by atomic mass is 10.1. The third kappa shape index (κ3) is 5.65. The third-order valence-electron chi connectivity index (χ3n) is 8.36. The predicted molar refractivity (Wildman–Crippen MR) is 164 cm³/mol. The van der Waals surface area contributed by atoms with Crippen LogP contribution in [-0.4, -0.2) is 68.0 Å². The number of carbonyl (C=O) groups is 1. The van der Waals surface area contributed by atoms with E-state index in [0.29, 0.717) is 42.9 Å². The van der Waals surface area contributed by atoms with Gasteiger partial charge in [0, 0.05) is 43.2 Å². The van der Waals surface area contributed by atoms with Gasteiger partial charge in [0.1, 0.15) is 0 Å². The summed E-state index contributed by atoms with van der Waals surface area (Å²) in [7, 11) is 3.28. The number of aliphatic imine (C=N–C) groups is 1. The fraction of sp³-hybridized carbons (Fsp3) is 0.455. The monoisotopic (exact) mass is 572 g/mol. The molecule has 0 saturated carbocycles. The zero-order valence-corrected chi connectivity index (χ0v) is 24.9. The smallest absolute Gasteiger partial charge is 0.260 e. The van der Waals surface area contributed by atoms with Crippen molar-refractivity contribution in [3.63, 3.8) is 0 Å². The molecule has 0 bridgehead atoms. The molecule has 222 valence electrons. The Morgan fingerprint density at radius 2 is 1.60 bits per heavy atom. The number of unbranched alkanes of at least 4 members (excludes halogenated alkanes) is 2. The Morgan fingerprint density at radius 1 is 0.881 bits per heavy atom. The molecule has 4 aliphatic rings. The van der Waals surface area contributed by atoms with Crippen LogP contribution in [0.4, 0.5) is 11.4 Å². The number of amides is 1. The average molecular weight is 573 g/mol. The molecule has 1 N–H and O–H groups in total. The fourth-order valence-corrected chi connectivity index (χ4v) is 6.18. The molecule has 0 unspecified atom stereocenters. The lowest BCUT2D eigenvalue weighted by Gasteiger charge is -2.21. The van der Waals surface area contributed by atoms with Crippen LogP contribution in [0.3, 0.4) is 0 Å². The van der Waals surface area contributed by atoms with Crippen molar-refractivity contribution in [1.29, 1.82) is 0 Å². The number of methoxy groups -OCH3 is 2. The Labute approximate surface area is 247 Å². The van der Waals surface area contributed by atoms with Crippen molar-refractivity contribution < 1.29 is 23.7 Å². The van der Waals surface area contributed by atoms with Crippen LogP contribution in [0, 0.1) is 0 Å². The number of rotatable bonds is 10. The van der Waals surface area contributed by atoms with Gasteiger partial charge < -0.3 is 34.1 Å². The molecule has 42 heavy (non-hydrogen) atoms. The largest absolute Gasteiger partial charge is 0.493 e. The lowest BCUT2D eigenvalue weighted by Crippen LogP contribution is -2.34. The first-order chi connectivity index (χ1) is 20.4. The molecule has 6 rings (SSSR count). The predicted octanol–water partition coefficient (Wildman–Crippen LogP) is 6.07. The first-order valence-electron chi connectivity index (χ1n) is 14.8. The van der Waals surface area contributed by atoms with E-state index < -0.39 is 0 Å². The van der Waals surface area contributed by atoms with Gasteiger partial charge in [-0.05, 0) is 64.3 Å². The maximum absolute atomic E-state index is 13.2. The first-order valence-corrected chi connectivity index (χ1v) is 14.8. The van der Waals surface area contributed by atoms with Crippen LogP contribution >= 0.6 is 0 Å². The van der Waals surface area contributed by atoms with E-state index in [2.05, 4.69) is 36.3 Å². The van der Waals surface area contributed by atoms with E-state index in [9.17, 15) is 4.79 Å². The second-order valence-electron chi connectivity index (χ2n) is 11.6. The van der Waals surface area contributed by atoms with Crippen LogP contribution in [-0.2, 0) is 6.54 Å². The number of benzene rings is 2. The van der Waals surface area contributed by atoms with Gasteiger partial charge in [0.25, 0.3) is 5.91 Å². The van der Waals surface area contributed by atoms with E-state index in [1.807, 2.05) is 29.4 Å². The Kier molecular flexibility index (Phi) is 8.00. The SMILES string of the molecule is COc1cc2c(cc1OCCCCCOc1cc3c(cc1OC)C(=O)N1C=C(C)C[C@H]1CN3)N=C[C@@H]1CC(C)=CN1C2. The number of nitrogens with zero attached hydrogens (tertiary/aromatic N) is 3. The number of fused-ring (bicyclic) bond motifs is 4. The Hall–Kier alpha value is -4.14. The average Bonchev–Trinajstić information content (AvgIpc) is 3.46. The molecule has 0 fully saturated rings. The quantitative estimate of drug-likeness (QED) is 0.346. The number of anilines is 1. The second-order valence-corrected chi connectivity index (χ2v) is 11.6. The topological polar surface area (TPSA) is 84.9 Å². The van der Waals surface area contributed by atoms with E-state index >= 15 is 0 Å². The molecular weight excluding hydrogens is 532 g/mol. The zero-order valence-electron chi connectivity index (χ0n) is 24.9. The van der Waals surface area contributed by atoms with E-state index in [1.54, 1.807) is 20.3 Å². The maximum Gasteiger partial charge on any atom is 0.260 e. The molecule has 9 heteroatoms. The van der Waals surface area contributed by atoms with Crippen molar-refractivity contribution in [3.8, 4) is 23.0 Å². The number of carbonyl (C=O) groups excluding carboxylic acids is 1. The van der Waals surface area contributed by atoms with Gasteiger partial charge in [-0.2, -0.15) is 0 Å². The van der Waals surface area contributed by atoms with E-state index in [4.69, 9.17) is 23.9 Å². The van der Waals surface area contributed by atoms with Crippen LogP contribution in [0.25, 0.3) is 0 Å². The molecule has 2 atom stereocenters. The number of hydrogen-bond acceptors (Lipinski definition) is 8. The van der Waals surface area contributed by atoms with E-state index in [1.165, 1.54) is 11.1 Å². The Bertz CT molecular complexity index is 1450. The first kappa shape index (κ1) is 28.0. The van der Waals surface area contributed by atoms with Crippen molar-refractivity contribution in [1.82, 2.24) is 9.80 Å². The summed E-state index contributed by atoms with van der Waals surface area (Å²) in [6.45, 7) is 6.87. The zero-order chi connectivity index (χ0) is 29.2. The van der Waals surface area contributed by atoms with E-state index in [0.717, 1.165) is 67.1 Å². The minimum Gasteiger partial charge on any atom is -0.493 e. The van der Waals surface area contributed by atoms with Crippen LogP contribution < -0.4 is 24.3 Å². The highest BCUT2D eigenvalue weighted by atomic mass is 16.5. The van der Waals surface area contributed by atoms with Crippen LogP contribution in [0.1, 0.15) is 61.9 Å². The van der Waals surface area contributed by atoms with Gasteiger partial charge in [-0.25, -0.2) is 0 Å². The minimum absolute atomic E-state index is 0.00723. The van der Waals surface area contributed by atoms with Crippen molar-refractivity contribution in [2.45, 2.75) is 64.6 Å². The molecule has 1 amide bonds. The van der Waals surface area contributed by atoms with Gasteiger partial charge in [-0.1, -0.05) is 11.1 Å². The minimum atomic E-state index is -0.00723. The maximum atomic E-state index is 13.2. The standard InChI is InChI=1S/C33H40N4O5/c1-21-10-24-16-34-27-14-31(29(39-3)12-23(27)20-36(24)18-21)41-8-6-5-7-9-42-32-15-28-26(13-30(32)40-4)33(38)37-19-22(2)11-25(37)17-35-28/h12-16,18-19,24-25,35H,5-11,17,20H2,1-4H3/t24-,25-/m0/s1. The molecule has 4 aliphatic heterocycles. The molecule has 4 heterocycles. The summed E-state index contributed by atoms with van der Waals surface area (Å²) in [5, 5.41) is 3.45. The highest BCUT2D eigenvalue weighted by Gasteiger charge is 2.33. The van der Waals surface area contributed by atoms with Gasteiger partial charge in [0.2, 0.25) is 0 Å². The van der Waals surface area contributed by atoms with Gasteiger partial charge in [-0.15, -0.1) is 0 Å². The molecule has 0 saturated heterocycles. The summed E-state index contributed by atoms with van der Waals surface area (Å²) in [6.07, 6.45) is 10.8. The molecule has 0 aliphatic carbocycles. The van der Waals surface area contributed by atoms with Crippen molar-refractivity contribution in [2.24, 2.45) is 4.99 Å². The highest BCUT2D eigenvalue weighted by molar-refractivity contribution is 6.02. The molecular formula is C33H40N4O5. The van der Waals surface area contributed by atoms with Crippen LogP contribution in [0.15, 0.2) is 52.8 Å². The van der Waals surface area contributed by atoms with Gasteiger partial charge >= 0.3 is 0 Å². The number of hydrogen-bond donors (Lipinski definition) is 1. The third-order valence-corrected chi connectivity index (χ3v) is 8.36. The van der Waals surface area contributed by atoms with E-state index in [-0.39, 0.29) is 11.9 Å². The van der Waals surface area contributed by atoms with Crippen molar-refractivity contribution >= 4 is 23.5 Å². The summed E-state index contributed by atoms with van der Waals surface area (Å²) in [5.74, 6) is 2.66. The van der Waals surface area contributed by atoms with Crippen molar-refractivity contribution in [3.05, 3.63) is 58.9 Å². The Balaban J connectivity index is 1.00. The molecule has 9 nitrogen and oxygen atoms in total. The van der Waals surface area contributed by atoms with Gasteiger partial charge in [-0.3, -0.25) is 9.79 Å². The number of ether oxygens (including phenoxy) is 4. The molecule has 0 radical (unpaired) electrons. The van der Waals surface area contributed by atoms with Crippen LogP contribution in [0.2, 0.25) is 0 Å². The number of nitrogens with one attached hydrogen (secondary N) is 1. The normalized spacial score (nSPS) is 20.3. The highest BCUT2D eigenvalue weighted by Crippen LogP contribution is 2.39. The van der Waals surface area contributed by atoms with Crippen LogP contribution in [0.5, 0.6) is 23.0 Å². The second kappa shape index (κ2) is 12.0. The Morgan fingerprint density at radius 3 is 2.36 bits per heavy atom. The summed E-state index contributed by atoms with van der Waals surface area (Å²) in [5.41, 5.74) is 6.08. The fourth-order valence-electron chi connectivity index (χ4n) is 6.18. The molecule has 0 aromatic heterocycles. The molecule has 2 aromatic carbocycles.